The SMILES string of the molecule is CCOC(=N)N1CC[C@H](Oc2ccc(NC(=O)c3nc(-c4ccccc4)oc3C(F)(F)F)cc2)C1. The third kappa shape index (κ3) is 5.73. The molecule has 4 rings (SSSR count). The number of carbonyl (C=O) groups excluding carboxylic acids is 1. The monoisotopic (exact) mass is 488 g/mol. The van der Waals surface area contributed by atoms with Gasteiger partial charge in [-0.15, -0.1) is 0 Å². The molecule has 0 aliphatic carbocycles. The number of aromatic nitrogens is 1. The molecule has 0 spiro atoms. The molecule has 0 radical (unpaired) electrons. The van der Waals surface area contributed by atoms with E-state index in [1.54, 1.807) is 35.2 Å². The summed E-state index contributed by atoms with van der Waals surface area (Å²) in [7, 11) is 0. The molecule has 3 aromatic rings. The molecule has 0 unspecified atom stereocenters. The molecule has 2 heterocycles. The van der Waals surface area contributed by atoms with Gasteiger partial charge in [-0.2, -0.15) is 13.2 Å². The summed E-state index contributed by atoms with van der Waals surface area (Å²) in [4.78, 5) is 18.2. The van der Waals surface area contributed by atoms with Gasteiger partial charge in [0.25, 0.3) is 11.9 Å². The Kier molecular flexibility index (Phi) is 6.94. The number of likely N-dealkylation sites (tertiary alicyclic amines) is 1. The summed E-state index contributed by atoms with van der Waals surface area (Å²) in [5, 5.41) is 10.3. The summed E-state index contributed by atoms with van der Waals surface area (Å²) >= 11 is 0. The normalized spacial score (nSPS) is 15.7. The summed E-state index contributed by atoms with van der Waals surface area (Å²) in [6, 6.07) is 14.4. The smallest absolute Gasteiger partial charge is 0.452 e. The molecule has 11 heteroatoms. The number of amidine groups is 1. The summed E-state index contributed by atoms with van der Waals surface area (Å²) in [5.41, 5.74) is -0.259. The Labute approximate surface area is 199 Å². The maximum Gasteiger partial charge on any atom is 0.452 e. The van der Waals surface area contributed by atoms with E-state index in [1.807, 2.05) is 6.92 Å². The van der Waals surface area contributed by atoms with Crippen molar-refractivity contribution in [3.8, 4) is 17.2 Å². The zero-order valence-electron chi connectivity index (χ0n) is 18.8. The molecular formula is C24H23F3N4O4. The zero-order valence-corrected chi connectivity index (χ0v) is 18.8. The average molecular weight is 488 g/mol. The summed E-state index contributed by atoms with van der Waals surface area (Å²) in [6.07, 6.45) is -4.32. The van der Waals surface area contributed by atoms with Crippen LogP contribution in [0.4, 0.5) is 18.9 Å². The van der Waals surface area contributed by atoms with Crippen LogP contribution < -0.4 is 10.1 Å². The first-order chi connectivity index (χ1) is 16.7. The first-order valence-electron chi connectivity index (χ1n) is 10.9. The molecule has 0 bridgehead atoms. The van der Waals surface area contributed by atoms with E-state index in [2.05, 4.69) is 10.3 Å². The average Bonchev–Trinajstić information content (AvgIpc) is 3.49. The fraction of sp³-hybridized carbons (Fsp3) is 0.292. The van der Waals surface area contributed by atoms with Crippen LogP contribution in [0.5, 0.6) is 5.75 Å². The second-order valence-electron chi connectivity index (χ2n) is 7.75. The van der Waals surface area contributed by atoms with E-state index in [0.717, 1.165) is 0 Å². The van der Waals surface area contributed by atoms with Gasteiger partial charge in [0.15, 0.2) is 5.69 Å². The number of hydrogen-bond acceptors (Lipinski definition) is 6. The van der Waals surface area contributed by atoms with Crippen molar-refractivity contribution in [2.45, 2.75) is 25.6 Å². The molecule has 1 aliphatic heterocycles. The number of nitrogens with zero attached hydrogens (tertiary/aromatic N) is 2. The number of carbonyl (C=O) groups is 1. The number of rotatable bonds is 6. The number of benzene rings is 2. The Bertz CT molecular complexity index is 1180. The lowest BCUT2D eigenvalue weighted by atomic mass is 10.2. The first-order valence-corrected chi connectivity index (χ1v) is 10.9. The Morgan fingerprint density at radius 2 is 1.91 bits per heavy atom. The lowest BCUT2D eigenvalue weighted by Gasteiger charge is -2.19. The van der Waals surface area contributed by atoms with Gasteiger partial charge < -0.3 is 24.1 Å². The number of nitrogens with one attached hydrogen (secondary N) is 2. The molecule has 1 aliphatic rings. The number of halogens is 3. The third-order valence-electron chi connectivity index (χ3n) is 5.25. The molecule has 0 saturated carbocycles. The van der Waals surface area contributed by atoms with Gasteiger partial charge in [-0.25, -0.2) is 4.98 Å². The van der Waals surface area contributed by atoms with E-state index in [0.29, 0.717) is 37.4 Å². The molecule has 1 atom stereocenters. The standard InChI is InChI=1S/C24H23F3N4O4/c1-2-33-23(28)31-13-12-18(14-31)34-17-10-8-16(9-11-17)29-21(32)19-20(24(25,26)27)35-22(30-19)15-6-4-3-5-7-15/h3-11,18,28H,2,12-14H2,1H3,(H,29,32)/t18-/m0/s1. The van der Waals surface area contributed by atoms with Crippen molar-refractivity contribution in [3.05, 3.63) is 66.1 Å². The maximum absolute atomic E-state index is 13.5. The maximum atomic E-state index is 13.5. The highest BCUT2D eigenvalue weighted by Crippen LogP contribution is 2.35. The molecule has 2 aromatic carbocycles. The van der Waals surface area contributed by atoms with Gasteiger partial charge in [-0.3, -0.25) is 10.2 Å². The third-order valence-corrected chi connectivity index (χ3v) is 5.25. The van der Waals surface area contributed by atoms with Crippen LogP contribution in [0.2, 0.25) is 0 Å². The van der Waals surface area contributed by atoms with Crippen LogP contribution in [0.1, 0.15) is 29.6 Å². The highest BCUT2D eigenvalue weighted by Gasteiger charge is 2.42. The van der Waals surface area contributed by atoms with Crippen molar-refractivity contribution >= 4 is 17.6 Å². The van der Waals surface area contributed by atoms with Crippen molar-refractivity contribution in [2.24, 2.45) is 0 Å². The van der Waals surface area contributed by atoms with Crippen molar-refractivity contribution < 1.29 is 31.9 Å². The highest BCUT2D eigenvalue weighted by atomic mass is 19.4. The highest BCUT2D eigenvalue weighted by molar-refractivity contribution is 6.04. The fourth-order valence-electron chi connectivity index (χ4n) is 3.61. The van der Waals surface area contributed by atoms with E-state index in [4.69, 9.17) is 19.3 Å². The number of oxazole rings is 1. The summed E-state index contributed by atoms with van der Waals surface area (Å²) in [6.45, 7) is 3.38. The van der Waals surface area contributed by atoms with Crippen LogP contribution >= 0.6 is 0 Å². The van der Waals surface area contributed by atoms with Crippen LogP contribution in [-0.4, -0.2) is 47.6 Å². The van der Waals surface area contributed by atoms with Gasteiger partial charge in [-0.05, 0) is 43.3 Å². The molecule has 2 N–H and O–H groups in total. The van der Waals surface area contributed by atoms with Crippen LogP contribution in [-0.2, 0) is 10.9 Å². The molecule has 8 nitrogen and oxygen atoms in total. The number of hydrogen-bond donors (Lipinski definition) is 2. The number of ether oxygens (including phenoxy) is 2. The van der Waals surface area contributed by atoms with Crippen molar-refractivity contribution in [1.82, 2.24) is 9.88 Å². The molecule has 35 heavy (non-hydrogen) atoms. The van der Waals surface area contributed by atoms with E-state index >= 15 is 0 Å². The molecule has 1 amide bonds. The second kappa shape index (κ2) is 10.1. The Morgan fingerprint density at radius 3 is 2.57 bits per heavy atom. The minimum absolute atomic E-state index is 0.109. The van der Waals surface area contributed by atoms with Crippen LogP contribution in [0.15, 0.2) is 59.0 Å². The van der Waals surface area contributed by atoms with E-state index in [9.17, 15) is 18.0 Å². The number of amides is 1. The molecule has 1 fully saturated rings. The summed E-state index contributed by atoms with van der Waals surface area (Å²) in [5.74, 6) is -2.27. The number of anilines is 1. The molecular weight excluding hydrogens is 465 g/mol. The van der Waals surface area contributed by atoms with Gasteiger partial charge in [0.1, 0.15) is 11.9 Å². The van der Waals surface area contributed by atoms with Gasteiger partial charge in [-0.1, -0.05) is 18.2 Å². The minimum Gasteiger partial charge on any atom is -0.489 e. The Balaban J connectivity index is 1.42. The first kappa shape index (κ1) is 24.1. The van der Waals surface area contributed by atoms with Crippen molar-refractivity contribution in [3.63, 3.8) is 0 Å². The zero-order chi connectivity index (χ0) is 25.0. The van der Waals surface area contributed by atoms with Crippen molar-refractivity contribution in [2.75, 3.05) is 25.0 Å². The van der Waals surface area contributed by atoms with Gasteiger partial charge >= 0.3 is 6.18 Å². The quantitative estimate of drug-likeness (QED) is 0.373. The lowest BCUT2D eigenvalue weighted by Crippen LogP contribution is -2.32. The van der Waals surface area contributed by atoms with E-state index in [1.165, 1.54) is 24.3 Å². The van der Waals surface area contributed by atoms with E-state index < -0.39 is 23.5 Å². The number of alkyl halides is 3. The lowest BCUT2D eigenvalue weighted by molar-refractivity contribution is -0.153. The topological polar surface area (TPSA) is 101 Å². The molecule has 1 saturated heterocycles. The van der Waals surface area contributed by atoms with Gasteiger partial charge in [0, 0.05) is 24.2 Å². The summed E-state index contributed by atoms with van der Waals surface area (Å²) < 4.78 is 56.5. The second-order valence-corrected chi connectivity index (χ2v) is 7.75. The predicted octanol–water partition coefficient (Wildman–Crippen LogP) is 5.04. The molecule has 1 aromatic heterocycles. The Hall–Kier alpha value is -4.02. The minimum atomic E-state index is -4.89. The van der Waals surface area contributed by atoms with Crippen LogP contribution in [0.25, 0.3) is 11.5 Å². The predicted molar refractivity (Wildman–Crippen MR) is 121 cm³/mol. The largest absolute Gasteiger partial charge is 0.489 e. The van der Waals surface area contributed by atoms with Crippen LogP contribution in [0.3, 0.4) is 0 Å². The van der Waals surface area contributed by atoms with Crippen LogP contribution in [0, 0.1) is 5.41 Å². The van der Waals surface area contributed by atoms with Gasteiger partial charge in [0.2, 0.25) is 11.7 Å². The van der Waals surface area contributed by atoms with Crippen molar-refractivity contribution in [1.29, 1.82) is 5.41 Å². The van der Waals surface area contributed by atoms with Gasteiger partial charge in [0.05, 0.1) is 13.2 Å². The fourth-order valence-corrected chi connectivity index (χ4v) is 3.61. The molecule has 184 valence electrons. The Morgan fingerprint density at radius 1 is 1.20 bits per heavy atom. The van der Waals surface area contributed by atoms with E-state index in [-0.39, 0.29) is 23.7 Å².